The second-order valence-electron chi connectivity index (χ2n) is 7.00. The van der Waals surface area contributed by atoms with Crippen molar-refractivity contribution < 1.29 is 43.3 Å². The van der Waals surface area contributed by atoms with Crippen LogP contribution in [0, 0.1) is 5.41 Å². The van der Waals surface area contributed by atoms with Crippen molar-refractivity contribution in [2.24, 2.45) is 10.6 Å². The van der Waals surface area contributed by atoms with Crippen molar-refractivity contribution in [3.8, 4) is 0 Å². The number of carbonyl (C=O) groups is 4. The lowest BCUT2D eigenvalue weighted by Crippen LogP contribution is -2.74. The van der Waals surface area contributed by atoms with Gasteiger partial charge in [-0.1, -0.05) is 5.16 Å². The van der Waals surface area contributed by atoms with E-state index in [2.05, 4.69) is 24.9 Å². The number of esters is 1. The molecule has 2 saturated heterocycles. The number of carbonyl (C=O) groups excluding carboxylic acids is 4. The van der Waals surface area contributed by atoms with Gasteiger partial charge in [-0.3, -0.25) is 14.4 Å². The summed E-state index contributed by atoms with van der Waals surface area (Å²) in [5, 5.41) is 15.9. The Morgan fingerprint density at radius 1 is 1.39 bits per heavy atom. The minimum Gasteiger partial charge on any atom is -0.438 e. The van der Waals surface area contributed by atoms with Crippen LogP contribution in [0.15, 0.2) is 10.5 Å². The van der Waals surface area contributed by atoms with Crippen molar-refractivity contribution in [1.29, 1.82) is 0 Å². The number of aromatic nitrogens is 1. The summed E-state index contributed by atoms with van der Waals surface area (Å²) in [5.74, 6) is -1.73. The molecule has 3 atom stereocenters. The number of rotatable bonds is 8. The molecule has 2 fully saturated rings. The summed E-state index contributed by atoms with van der Waals surface area (Å²) >= 11 is 2.31. The number of ether oxygens (including phenoxy) is 4. The van der Waals surface area contributed by atoms with Gasteiger partial charge >= 0.3 is 12.1 Å². The van der Waals surface area contributed by atoms with Crippen LogP contribution in [0.25, 0.3) is 0 Å². The molecule has 3 heterocycles. The van der Waals surface area contributed by atoms with Gasteiger partial charge in [-0.15, -0.1) is 23.1 Å². The fourth-order valence-electron chi connectivity index (χ4n) is 3.34. The third-order valence-electron chi connectivity index (χ3n) is 4.90. The lowest BCUT2D eigenvalue weighted by atomic mass is 9.88. The van der Waals surface area contributed by atoms with Gasteiger partial charge < -0.3 is 40.1 Å². The van der Waals surface area contributed by atoms with Crippen LogP contribution in [-0.2, 0) is 33.3 Å². The number of methoxy groups -OCH3 is 2. The SMILES string of the molecule is COCC1(C(=O)OCOC(=O)OC)CS[C@@H]2C(NC(=O)C(=NO)c3csc(N)n3)C(=O)N2C1. The summed E-state index contributed by atoms with van der Waals surface area (Å²) in [5.41, 5.74) is 4.04. The molecule has 0 saturated carbocycles. The summed E-state index contributed by atoms with van der Waals surface area (Å²) in [7, 11) is 2.51. The van der Waals surface area contributed by atoms with Crippen LogP contribution < -0.4 is 11.1 Å². The average molecular weight is 504 g/mol. The Morgan fingerprint density at radius 3 is 2.76 bits per heavy atom. The van der Waals surface area contributed by atoms with Crippen molar-refractivity contribution in [1.82, 2.24) is 15.2 Å². The van der Waals surface area contributed by atoms with Crippen molar-refractivity contribution in [2.75, 3.05) is 45.7 Å². The first-order chi connectivity index (χ1) is 15.8. The Balaban J connectivity index is 1.63. The van der Waals surface area contributed by atoms with E-state index in [1.807, 2.05) is 0 Å². The Labute approximate surface area is 195 Å². The lowest BCUT2D eigenvalue weighted by molar-refractivity contribution is -0.173. The summed E-state index contributed by atoms with van der Waals surface area (Å²) in [6.07, 6.45) is -1.01. The third kappa shape index (κ3) is 4.96. The zero-order valence-electron chi connectivity index (χ0n) is 17.5. The highest BCUT2D eigenvalue weighted by Gasteiger charge is 2.58. The predicted molar refractivity (Wildman–Crippen MR) is 113 cm³/mol. The van der Waals surface area contributed by atoms with Crippen LogP contribution in [0.2, 0.25) is 0 Å². The van der Waals surface area contributed by atoms with Crippen LogP contribution in [0.5, 0.6) is 0 Å². The maximum absolute atomic E-state index is 12.7. The van der Waals surface area contributed by atoms with E-state index in [1.165, 1.54) is 29.2 Å². The summed E-state index contributed by atoms with van der Waals surface area (Å²) in [6, 6.07) is -0.894. The second-order valence-corrected chi connectivity index (χ2v) is 8.99. The molecular weight excluding hydrogens is 482 g/mol. The molecule has 3 rings (SSSR count). The maximum Gasteiger partial charge on any atom is 0.510 e. The third-order valence-corrected chi connectivity index (χ3v) is 7.16. The number of nitrogens with one attached hydrogen (secondary N) is 1. The molecule has 0 radical (unpaired) electrons. The normalized spacial score (nSPS) is 24.4. The van der Waals surface area contributed by atoms with Crippen LogP contribution in [0.4, 0.5) is 9.93 Å². The van der Waals surface area contributed by atoms with Gasteiger partial charge in [-0.2, -0.15) is 0 Å². The van der Waals surface area contributed by atoms with E-state index in [9.17, 15) is 24.4 Å². The van der Waals surface area contributed by atoms with E-state index in [1.54, 1.807) is 0 Å². The second kappa shape index (κ2) is 10.2. The number of hydrogen-bond donors (Lipinski definition) is 3. The standard InChI is InChI=1S/C17H21N5O9S2/c1-28-5-17(14(25)30-7-31-16(26)29-2)4-22-12(24)10(13(22)33-6-17)20-11(23)9(21-27)8-3-32-15(18)19-8/h3,10,13,27H,4-7H2,1-2H3,(H2,18,19)(H,20,23)/t10?,13-,17?/m1/s1. The Kier molecular flexibility index (Phi) is 7.60. The summed E-state index contributed by atoms with van der Waals surface area (Å²) in [6.45, 7) is -0.719. The van der Waals surface area contributed by atoms with Gasteiger partial charge in [0, 0.05) is 24.8 Å². The number of fused-ring (bicyclic) bond motifs is 1. The predicted octanol–water partition coefficient (Wildman–Crippen LogP) is -0.780. The first kappa shape index (κ1) is 24.5. The number of nitrogens with zero attached hydrogens (tertiary/aromatic N) is 3. The fraction of sp³-hybridized carbons (Fsp3) is 0.529. The Morgan fingerprint density at radius 2 is 2.15 bits per heavy atom. The van der Waals surface area contributed by atoms with E-state index in [0.29, 0.717) is 0 Å². The smallest absolute Gasteiger partial charge is 0.438 e. The molecule has 1 aromatic heterocycles. The van der Waals surface area contributed by atoms with Gasteiger partial charge in [0.25, 0.3) is 5.91 Å². The highest BCUT2D eigenvalue weighted by molar-refractivity contribution is 8.00. The highest BCUT2D eigenvalue weighted by atomic mass is 32.2. The number of thiazole rings is 1. The first-order valence-corrected chi connectivity index (χ1v) is 11.2. The fourth-order valence-corrected chi connectivity index (χ4v) is 5.40. The lowest BCUT2D eigenvalue weighted by Gasteiger charge is -2.53. The molecule has 2 aliphatic heterocycles. The van der Waals surface area contributed by atoms with Crippen molar-refractivity contribution in [3.05, 3.63) is 11.1 Å². The quantitative estimate of drug-likeness (QED) is 0.100. The summed E-state index contributed by atoms with van der Waals surface area (Å²) < 4.78 is 19.1. The van der Waals surface area contributed by atoms with Gasteiger partial charge in [0.15, 0.2) is 10.8 Å². The number of β-lactam (4-membered cyclic amide) rings is 1. The molecule has 2 unspecified atom stereocenters. The number of amides is 2. The molecule has 180 valence electrons. The van der Waals surface area contributed by atoms with Crippen molar-refractivity contribution in [2.45, 2.75) is 11.4 Å². The van der Waals surface area contributed by atoms with Gasteiger partial charge in [-0.05, 0) is 0 Å². The van der Waals surface area contributed by atoms with Crippen LogP contribution in [0.3, 0.4) is 0 Å². The molecule has 0 aromatic carbocycles. The number of thioether (sulfide) groups is 1. The minimum atomic E-state index is -1.20. The number of nitrogens with two attached hydrogens (primary N) is 1. The number of anilines is 1. The monoisotopic (exact) mass is 503 g/mol. The molecule has 0 aliphatic carbocycles. The number of nitrogen functional groups attached to an aromatic ring is 1. The zero-order chi connectivity index (χ0) is 24.2. The molecule has 4 N–H and O–H groups in total. The van der Waals surface area contributed by atoms with E-state index in [-0.39, 0.29) is 35.4 Å². The van der Waals surface area contributed by atoms with Crippen molar-refractivity contribution in [3.63, 3.8) is 0 Å². The maximum atomic E-state index is 12.7. The van der Waals surface area contributed by atoms with Gasteiger partial charge in [-0.25, -0.2) is 9.78 Å². The summed E-state index contributed by atoms with van der Waals surface area (Å²) in [4.78, 5) is 54.3. The molecule has 0 bridgehead atoms. The first-order valence-electron chi connectivity index (χ1n) is 9.29. The van der Waals surface area contributed by atoms with E-state index in [4.69, 9.17) is 15.2 Å². The number of oxime groups is 1. The minimum absolute atomic E-state index is 0.0235. The van der Waals surface area contributed by atoms with Gasteiger partial charge in [0.05, 0.1) is 13.7 Å². The Bertz CT molecular complexity index is 970. The molecule has 16 heteroatoms. The zero-order valence-corrected chi connectivity index (χ0v) is 19.1. The van der Waals surface area contributed by atoms with E-state index < -0.39 is 47.6 Å². The van der Waals surface area contributed by atoms with Crippen molar-refractivity contribution >= 4 is 57.9 Å². The Hall–Kier alpha value is -3.11. The highest BCUT2D eigenvalue weighted by Crippen LogP contribution is 2.42. The average Bonchev–Trinajstić information content (AvgIpc) is 3.23. The molecule has 2 amide bonds. The van der Waals surface area contributed by atoms with E-state index in [0.717, 1.165) is 18.4 Å². The number of hydrogen-bond acceptors (Lipinski definition) is 14. The molecule has 1 aromatic rings. The molecular formula is C17H21N5O9S2. The largest absolute Gasteiger partial charge is 0.510 e. The topological polar surface area (TPSA) is 192 Å². The van der Waals surface area contributed by atoms with Crippen LogP contribution >= 0.6 is 23.1 Å². The van der Waals surface area contributed by atoms with Crippen LogP contribution in [-0.4, -0.2) is 96.1 Å². The van der Waals surface area contributed by atoms with Gasteiger partial charge in [0.2, 0.25) is 12.7 Å². The van der Waals surface area contributed by atoms with Gasteiger partial charge in [0.1, 0.15) is 22.5 Å². The molecule has 2 aliphatic rings. The molecule has 33 heavy (non-hydrogen) atoms. The molecule has 0 spiro atoms. The molecule has 14 nitrogen and oxygen atoms in total. The van der Waals surface area contributed by atoms with Crippen LogP contribution in [0.1, 0.15) is 5.69 Å². The van der Waals surface area contributed by atoms with E-state index >= 15 is 0 Å².